The van der Waals surface area contributed by atoms with Crippen molar-refractivity contribution in [1.29, 1.82) is 0 Å². The Morgan fingerprint density at radius 1 is 1.25 bits per heavy atom. The van der Waals surface area contributed by atoms with E-state index in [1.165, 1.54) is 30.5 Å². The fourth-order valence-electron chi connectivity index (χ4n) is 1.78. The Hall–Kier alpha value is -2.63. The van der Waals surface area contributed by atoms with Crippen LogP contribution in [-0.4, -0.2) is 11.8 Å². The van der Waals surface area contributed by atoms with Gasteiger partial charge in [-0.25, -0.2) is 4.39 Å². The van der Waals surface area contributed by atoms with Gasteiger partial charge < -0.3 is 15.5 Å². The van der Waals surface area contributed by atoms with Gasteiger partial charge in [-0.2, -0.15) is 0 Å². The van der Waals surface area contributed by atoms with Crippen LogP contribution in [-0.2, 0) is 4.79 Å². The maximum absolute atomic E-state index is 12.9. The minimum absolute atomic E-state index is 0.110. The Kier molecular flexibility index (Phi) is 3.84. The zero-order valence-electron chi connectivity index (χ0n) is 10.7. The molecular formula is C14H13FN2O3. The summed E-state index contributed by atoms with van der Waals surface area (Å²) < 4.78 is 17.9. The molecule has 0 saturated carbocycles. The number of furan rings is 1. The third-order valence-corrected chi connectivity index (χ3v) is 2.83. The van der Waals surface area contributed by atoms with Crippen LogP contribution in [0.25, 0.3) is 0 Å². The molecule has 0 spiro atoms. The zero-order valence-corrected chi connectivity index (χ0v) is 10.7. The lowest BCUT2D eigenvalue weighted by Gasteiger charge is -2.15. The van der Waals surface area contributed by atoms with Crippen LogP contribution in [0, 0.1) is 12.7 Å². The second-order valence-electron chi connectivity index (χ2n) is 4.29. The molecule has 2 aromatic rings. The van der Waals surface area contributed by atoms with Gasteiger partial charge in [0.05, 0.1) is 6.26 Å². The molecule has 104 valence electrons. The number of hydrogen-bond acceptors (Lipinski definition) is 3. The van der Waals surface area contributed by atoms with E-state index >= 15 is 0 Å². The molecule has 2 amide bonds. The summed E-state index contributed by atoms with van der Waals surface area (Å²) in [5, 5.41) is 2.47. The van der Waals surface area contributed by atoms with E-state index in [-0.39, 0.29) is 5.76 Å². The second kappa shape index (κ2) is 5.56. The summed E-state index contributed by atoms with van der Waals surface area (Å²) in [5.41, 5.74) is 6.31. The molecule has 0 aliphatic heterocycles. The van der Waals surface area contributed by atoms with Crippen molar-refractivity contribution < 1.29 is 18.4 Å². The predicted octanol–water partition coefficient (Wildman–Crippen LogP) is 1.68. The average molecular weight is 276 g/mol. The molecule has 1 aromatic heterocycles. The SMILES string of the molecule is Cc1ccoc1C(=O)N[C@@H](C(N)=O)c1ccc(F)cc1. The van der Waals surface area contributed by atoms with E-state index in [1.54, 1.807) is 13.0 Å². The van der Waals surface area contributed by atoms with Crippen molar-refractivity contribution in [3.05, 3.63) is 59.3 Å². The molecule has 0 saturated heterocycles. The number of carbonyl (C=O) groups is 2. The summed E-state index contributed by atoms with van der Waals surface area (Å²) in [6, 6.07) is 5.74. The van der Waals surface area contributed by atoms with E-state index in [9.17, 15) is 14.0 Å². The van der Waals surface area contributed by atoms with Crippen LogP contribution in [0.1, 0.15) is 27.7 Å². The van der Waals surface area contributed by atoms with Crippen LogP contribution in [0.3, 0.4) is 0 Å². The van der Waals surface area contributed by atoms with E-state index in [4.69, 9.17) is 10.2 Å². The van der Waals surface area contributed by atoms with Crippen LogP contribution >= 0.6 is 0 Å². The van der Waals surface area contributed by atoms with Crippen LogP contribution in [0.5, 0.6) is 0 Å². The van der Waals surface area contributed by atoms with Crippen molar-refractivity contribution in [2.75, 3.05) is 0 Å². The van der Waals surface area contributed by atoms with Gasteiger partial charge in [0, 0.05) is 5.56 Å². The van der Waals surface area contributed by atoms with Gasteiger partial charge in [-0.05, 0) is 30.7 Å². The fraction of sp³-hybridized carbons (Fsp3) is 0.143. The van der Waals surface area contributed by atoms with Crippen molar-refractivity contribution in [2.45, 2.75) is 13.0 Å². The number of carbonyl (C=O) groups excluding carboxylic acids is 2. The van der Waals surface area contributed by atoms with Crippen LogP contribution in [0.15, 0.2) is 41.0 Å². The Balaban J connectivity index is 2.22. The van der Waals surface area contributed by atoms with E-state index < -0.39 is 23.7 Å². The first kappa shape index (κ1) is 13.8. The van der Waals surface area contributed by atoms with Crippen molar-refractivity contribution in [3.8, 4) is 0 Å². The lowest BCUT2D eigenvalue weighted by atomic mass is 10.1. The quantitative estimate of drug-likeness (QED) is 0.891. The van der Waals surface area contributed by atoms with Gasteiger partial charge in [0.1, 0.15) is 11.9 Å². The Morgan fingerprint density at radius 3 is 2.40 bits per heavy atom. The molecule has 0 radical (unpaired) electrons. The minimum Gasteiger partial charge on any atom is -0.459 e. The molecule has 0 fully saturated rings. The zero-order chi connectivity index (χ0) is 14.7. The van der Waals surface area contributed by atoms with Gasteiger partial charge in [-0.15, -0.1) is 0 Å². The van der Waals surface area contributed by atoms with Gasteiger partial charge in [0.25, 0.3) is 5.91 Å². The van der Waals surface area contributed by atoms with Crippen LogP contribution in [0.4, 0.5) is 4.39 Å². The molecule has 1 heterocycles. The Labute approximate surface area is 114 Å². The minimum atomic E-state index is -1.05. The highest BCUT2D eigenvalue weighted by molar-refractivity contribution is 5.96. The van der Waals surface area contributed by atoms with Gasteiger partial charge in [-0.1, -0.05) is 12.1 Å². The van der Waals surface area contributed by atoms with Gasteiger partial charge in [0.2, 0.25) is 5.91 Å². The number of aryl methyl sites for hydroxylation is 1. The highest BCUT2D eigenvalue weighted by Gasteiger charge is 2.23. The smallest absolute Gasteiger partial charge is 0.288 e. The summed E-state index contributed by atoms with van der Waals surface area (Å²) in [6.45, 7) is 1.70. The molecule has 0 aliphatic rings. The van der Waals surface area contributed by atoms with Gasteiger partial charge in [0.15, 0.2) is 5.76 Å². The van der Waals surface area contributed by atoms with E-state index in [1.807, 2.05) is 0 Å². The highest BCUT2D eigenvalue weighted by atomic mass is 19.1. The Bertz CT molecular complexity index is 634. The first-order valence-corrected chi connectivity index (χ1v) is 5.89. The second-order valence-corrected chi connectivity index (χ2v) is 4.29. The molecule has 5 nitrogen and oxygen atoms in total. The molecular weight excluding hydrogens is 263 g/mol. The molecule has 0 aliphatic carbocycles. The van der Waals surface area contributed by atoms with Crippen molar-refractivity contribution in [2.24, 2.45) is 5.73 Å². The molecule has 1 aromatic carbocycles. The molecule has 20 heavy (non-hydrogen) atoms. The first-order chi connectivity index (χ1) is 9.49. The van der Waals surface area contributed by atoms with Crippen LogP contribution in [0.2, 0.25) is 0 Å². The lowest BCUT2D eigenvalue weighted by Crippen LogP contribution is -2.37. The highest BCUT2D eigenvalue weighted by Crippen LogP contribution is 2.16. The molecule has 0 bridgehead atoms. The summed E-state index contributed by atoms with van der Waals surface area (Å²) in [6.07, 6.45) is 1.38. The lowest BCUT2D eigenvalue weighted by molar-refractivity contribution is -0.120. The van der Waals surface area contributed by atoms with Crippen molar-refractivity contribution in [1.82, 2.24) is 5.32 Å². The summed E-state index contributed by atoms with van der Waals surface area (Å²) in [4.78, 5) is 23.5. The number of benzene rings is 1. The first-order valence-electron chi connectivity index (χ1n) is 5.89. The predicted molar refractivity (Wildman–Crippen MR) is 69.2 cm³/mol. The maximum atomic E-state index is 12.9. The third kappa shape index (κ3) is 2.85. The summed E-state index contributed by atoms with van der Waals surface area (Å²) in [7, 11) is 0. The van der Waals surface area contributed by atoms with Crippen molar-refractivity contribution in [3.63, 3.8) is 0 Å². The molecule has 1 atom stereocenters. The molecule has 2 rings (SSSR count). The molecule has 3 N–H and O–H groups in total. The fourth-order valence-corrected chi connectivity index (χ4v) is 1.78. The number of hydrogen-bond donors (Lipinski definition) is 2. The van der Waals surface area contributed by atoms with E-state index in [0.717, 1.165) is 0 Å². The number of amides is 2. The third-order valence-electron chi connectivity index (χ3n) is 2.83. The largest absolute Gasteiger partial charge is 0.459 e. The standard InChI is InChI=1S/C14H13FN2O3/c1-8-6-7-20-12(8)14(19)17-11(13(16)18)9-2-4-10(15)5-3-9/h2-7,11H,1H3,(H2,16,18)(H,17,19)/t11-/m1/s1. The van der Waals surface area contributed by atoms with Gasteiger partial charge >= 0.3 is 0 Å². The van der Waals surface area contributed by atoms with Crippen LogP contribution < -0.4 is 11.1 Å². The number of nitrogens with two attached hydrogens (primary N) is 1. The Morgan fingerprint density at radius 2 is 1.90 bits per heavy atom. The molecule has 0 unspecified atom stereocenters. The normalized spacial score (nSPS) is 11.9. The average Bonchev–Trinajstić information content (AvgIpc) is 2.83. The maximum Gasteiger partial charge on any atom is 0.288 e. The van der Waals surface area contributed by atoms with Gasteiger partial charge in [-0.3, -0.25) is 9.59 Å². The van der Waals surface area contributed by atoms with E-state index in [0.29, 0.717) is 11.1 Å². The topological polar surface area (TPSA) is 85.3 Å². The van der Waals surface area contributed by atoms with E-state index in [2.05, 4.69) is 5.32 Å². The number of halogens is 1. The molecule has 6 heteroatoms. The number of rotatable bonds is 4. The van der Waals surface area contributed by atoms with Crippen molar-refractivity contribution >= 4 is 11.8 Å². The number of nitrogens with one attached hydrogen (secondary N) is 1. The summed E-state index contributed by atoms with van der Waals surface area (Å²) >= 11 is 0. The summed E-state index contributed by atoms with van der Waals surface area (Å²) in [5.74, 6) is -1.63. The monoisotopic (exact) mass is 276 g/mol. The number of primary amides is 1.